The molecule has 0 aliphatic carbocycles. The summed E-state index contributed by atoms with van der Waals surface area (Å²) in [5, 5.41) is 0. The van der Waals surface area contributed by atoms with E-state index >= 15 is 0 Å². The number of hydrogen-bond acceptors (Lipinski definition) is 3. The third kappa shape index (κ3) is 5.06. The zero-order chi connectivity index (χ0) is 14.5. The zero-order valence-corrected chi connectivity index (χ0v) is 11.2. The number of pyridine rings is 1. The maximum absolute atomic E-state index is 12.5. The Morgan fingerprint density at radius 2 is 2.00 bits per heavy atom. The van der Waals surface area contributed by atoms with Gasteiger partial charge in [0.15, 0.2) is 0 Å². The van der Waals surface area contributed by atoms with Gasteiger partial charge in [0.2, 0.25) is 0 Å². The van der Waals surface area contributed by atoms with E-state index < -0.39 is 12.7 Å². The molecule has 1 aromatic heterocycles. The molecule has 1 atom stereocenters. The minimum absolute atomic E-state index is 0.170. The van der Waals surface area contributed by atoms with Crippen LogP contribution in [0.2, 0.25) is 0 Å². The van der Waals surface area contributed by atoms with E-state index in [0.717, 1.165) is 6.42 Å². The highest BCUT2D eigenvalue weighted by Gasteiger charge is 2.30. The van der Waals surface area contributed by atoms with E-state index in [1.165, 1.54) is 11.1 Å². The van der Waals surface area contributed by atoms with Crippen LogP contribution in [0.1, 0.15) is 38.4 Å². The Bertz CT molecular complexity index is 376. The molecule has 0 aliphatic rings. The molecule has 0 bridgehead atoms. The zero-order valence-electron chi connectivity index (χ0n) is 11.2. The van der Waals surface area contributed by atoms with Crippen LogP contribution >= 0.6 is 0 Å². The number of aromatic nitrogens is 1. The summed E-state index contributed by atoms with van der Waals surface area (Å²) in [6, 6.07) is 3.18. The normalized spacial score (nSPS) is 13.4. The summed E-state index contributed by atoms with van der Waals surface area (Å²) in [5.41, 5.74) is 7.01. The van der Waals surface area contributed by atoms with Crippen molar-refractivity contribution < 1.29 is 13.2 Å². The van der Waals surface area contributed by atoms with Crippen LogP contribution in [0.15, 0.2) is 18.3 Å². The van der Waals surface area contributed by atoms with E-state index in [1.54, 1.807) is 12.1 Å². The summed E-state index contributed by atoms with van der Waals surface area (Å²) in [4.78, 5) is 5.43. The summed E-state index contributed by atoms with van der Waals surface area (Å²) in [5.74, 6) is 0. The summed E-state index contributed by atoms with van der Waals surface area (Å²) >= 11 is 0. The molecular weight excluding hydrogens is 255 g/mol. The second-order valence-electron chi connectivity index (χ2n) is 4.49. The second kappa shape index (κ2) is 6.75. The predicted octanol–water partition coefficient (Wildman–Crippen LogP) is 3.27. The van der Waals surface area contributed by atoms with Crippen molar-refractivity contribution in [3.8, 4) is 0 Å². The number of nitrogens with two attached hydrogens (primary N) is 1. The third-order valence-electron chi connectivity index (χ3n) is 2.82. The standard InChI is InChI=1S/C13H20F3N3/c1-3-7-19(9-13(14,15)16)10-5-6-12(18-8-10)11(17)4-2/h5-6,8,11H,3-4,7,9,17H2,1-2H3/t11-/m0/s1. The largest absolute Gasteiger partial charge is 0.405 e. The summed E-state index contributed by atoms with van der Waals surface area (Å²) < 4.78 is 37.5. The number of nitrogens with zero attached hydrogens (tertiary/aromatic N) is 2. The first-order valence-corrected chi connectivity index (χ1v) is 6.40. The molecule has 1 heterocycles. The van der Waals surface area contributed by atoms with Gasteiger partial charge in [-0.2, -0.15) is 13.2 Å². The van der Waals surface area contributed by atoms with E-state index in [1.807, 2.05) is 13.8 Å². The van der Waals surface area contributed by atoms with Crippen molar-refractivity contribution in [2.75, 3.05) is 18.0 Å². The van der Waals surface area contributed by atoms with Gasteiger partial charge in [-0.15, -0.1) is 0 Å². The van der Waals surface area contributed by atoms with Crippen molar-refractivity contribution in [1.82, 2.24) is 4.98 Å². The van der Waals surface area contributed by atoms with Crippen LogP contribution in [-0.2, 0) is 0 Å². The van der Waals surface area contributed by atoms with Gasteiger partial charge in [-0.1, -0.05) is 13.8 Å². The van der Waals surface area contributed by atoms with E-state index in [-0.39, 0.29) is 6.04 Å². The lowest BCUT2D eigenvalue weighted by molar-refractivity contribution is -0.119. The maximum atomic E-state index is 12.5. The fourth-order valence-corrected chi connectivity index (χ4v) is 1.80. The summed E-state index contributed by atoms with van der Waals surface area (Å²) in [7, 11) is 0. The number of anilines is 1. The molecule has 0 unspecified atom stereocenters. The Hall–Kier alpha value is -1.30. The van der Waals surface area contributed by atoms with Crippen LogP contribution in [0, 0.1) is 0 Å². The molecule has 0 aromatic carbocycles. The summed E-state index contributed by atoms with van der Waals surface area (Å²) in [6.07, 6.45) is -1.36. The Morgan fingerprint density at radius 1 is 1.32 bits per heavy atom. The van der Waals surface area contributed by atoms with Gasteiger partial charge >= 0.3 is 6.18 Å². The highest BCUT2D eigenvalue weighted by molar-refractivity contribution is 5.45. The molecule has 1 aromatic rings. The van der Waals surface area contributed by atoms with Crippen LogP contribution in [0.3, 0.4) is 0 Å². The van der Waals surface area contributed by atoms with Crippen molar-refractivity contribution in [2.24, 2.45) is 5.73 Å². The first-order valence-electron chi connectivity index (χ1n) is 6.40. The van der Waals surface area contributed by atoms with Gasteiger partial charge in [-0.25, -0.2) is 0 Å². The van der Waals surface area contributed by atoms with Crippen LogP contribution in [0.25, 0.3) is 0 Å². The molecule has 0 saturated carbocycles. The molecule has 0 aliphatic heterocycles. The molecule has 108 valence electrons. The van der Waals surface area contributed by atoms with Gasteiger partial charge in [0.25, 0.3) is 0 Å². The van der Waals surface area contributed by atoms with Crippen molar-refractivity contribution in [3.05, 3.63) is 24.0 Å². The molecule has 19 heavy (non-hydrogen) atoms. The topological polar surface area (TPSA) is 42.1 Å². The molecule has 1 rings (SSSR count). The monoisotopic (exact) mass is 275 g/mol. The predicted molar refractivity (Wildman–Crippen MR) is 70.0 cm³/mol. The van der Waals surface area contributed by atoms with Crippen molar-refractivity contribution in [3.63, 3.8) is 0 Å². The van der Waals surface area contributed by atoms with Crippen molar-refractivity contribution in [1.29, 1.82) is 0 Å². The fraction of sp³-hybridized carbons (Fsp3) is 0.615. The quantitative estimate of drug-likeness (QED) is 0.866. The molecule has 0 radical (unpaired) electrons. The van der Waals surface area contributed by atoms with Gasteiger partial charge in [-0.3, -0.25) is 4.98 Å². The molecule has 3 nitrogen and oxygen atoms in total. The SMILES string of the molecule is CCCN(CC(F)(F)F)c1ccc([C@@H](N)CC)nc1. The van der Waals surface area contributed by atoms with E-state index in [4.69, 9.17) is 5.73 Å². The first kappa shape index (κ1) is 15.8. The highest BCUT2D eigenvalue weighted by atomic mass is 19.4. The number of rotatable bonds is 6. The Labute approximate surface area is 111 Å². The van der Waals surface area contributed by atoms with Gasteiger partial charge in [0.1, 0.15) is 6.54 Å². The van der Waals surface area contributed by atoms with Gasteiger partial charge in [-0.05, 0) is 25.0 Å². The van der Waals surface area contributed by atoms with Gasteiger partial charge in [0.05, 0.1) is 17.6 Å². The third-order valence-corrected chi connectivity index (χ3v) is 2.82. The number of alkyl halides is 3. The molecular formula is C13H20F3N3. The van der Waals surface area contributed by atoms with E-state index in [2.05, 4.69) is 4.98 Å². The minimum Gasteiger partial charge on any atom is -0.361 e. The van der Waals surface area contributed by atoms with Crippen molar-refractivity contribution in [2.45, 2.75) is 38.9 Å². The highest BCUT2D eigenvalue weighted by Crippen LogP contribution is 2.23. The lowest BCUT2D eigenvalue weighted by Crippen LogP contribution is -2.35. The van der Waals surface area contributed by atoms with Crippen LogP contribution < -0.4 is 10.6 Å². The smallest absolute Gasteiger partial charge is 0.361 e. The van der Waals surface area contributed by atoms with E-state index in [9.17, 15) is 13.2 Å². The van der Waals surface area contributed by atoms with Crippen molar-refractivity contribution >= 4 is 5.69 Å². The van der Waals surface area contributed by atoms with Crippen LogP contribution in [-0.4, -0.2) is 24.2 Å². The van der Waals surface area contributed by atoms with Gasteiger partial charge < -0.3 is 10.6 Å². The first-order chi connectivity index (χ1) is 8.87. The lowest BCUT2D eigenvalue weighted by atomic mass is 10.1. The Kier molecular flexibility index (Phi) is 5.60. The number of hydrogen-bond donors (Lipinski definition) is 1. The molecule has 0 fully saturated rings. The molecule has 0 amide bonds. The Balaban J connectivity index is 2.85. The Morgan fingerprint density at radius 3 is 2.42 bits per heavy atom. The molecule has 0 saturated heterocycles. The average molecular weight is 275 g/mol. The average Bonchev–Trinajstić information content (AvgIpc) is 2.36. The minimum atomic E-state index is -4.21. The summed E-state index contributed by atoms with van der Waals surface area (Å²) in [6.45, 7) is 3.17. The molecule has 2 N–H and O–H groups in total. The molecule has 0 spiro atoms. The maximum Gasteiger partial charge on any atom is 0.405 e. The van der Waals surface area contributed by atoms with E-state index in [0.29, 0.717) is 24.3 Å². The second-order valence-corrected chi connectivity index (χ2v) is 4.49. The molecule has 6 heteroatoms. The fourth-order valence-electron chi connectivity index (χ4n) is 1.80. The lowest BCUT2D eigenvalue weighted by Gasteiger charge is -2.25. The number of halogens is 3. The van der Waals surface area contributed by atoms with Crippen LogP contribution in [0.4, 0.5) is 18.9 Å². The van der Waals surface area contributed by atoms with Crippen LogP contribution in [0.5, 0.6) is 0 Å². The van der Waals surface area contributed by atoms with Gasteiger partial charge in [0, 0.05) is 12.6 Å².